The average molecular weight is 323 g/mol. The van der Waals surface area contributed by atoms with Crippen molar-refractivity contribution in [2.45, 2.75) is 32.1 Å². The number of nitrogens with zero attached hydrogens (tertiary/aromatic N) is 2. The van der Waals surface area contributed by atoms with Crippen LogP contribution in [0.25, 0.3) is 0 Å². The van der Waals surface area contributed by atoms with Crippen molar-refractivity contribution in [2.24, 2.45) is 11.3 Å². The number of carbonyl (C=O) groups excluding carboxylic acids is 2. The lowest BCUT2D eigenvalue weighted by atomic mass is 9.80. The third-order valence-corrected chi connectivity index (χ3v) is 5.78. The van der Waals surface area contributed by atoms with E-state index in [4.69, 9.17) is 4.74 Å². The Balaban J connectivity index is 1.49. The minimum atomic E-state index is 0.0341. The van der Waals surface area contributed by atoms with Crippen molar-refractivity contribution >= 4 is 11.8 Å². The number of carbonyl (C=O) groups is 2. The molecule has 3 aliphatic heterocycles. The lowest BCUT2D eigenvalue weighted by Gasteiger charge is -2.35. The molecule has 0 aliphatic carbocycles. The van der Waals surface area contributed by atoms with Crippen LogP contribution in [0.5, 0.6) is 0 Å². The number of amides is 2. The van der Waals surface area contributed by atoms with E-state index in [2.05, 4.69) is 10.2 Å². The highest BCUT2D eigenvalue weighted by molar-refractivity contribution is 5.81. The summed E-state index contributed by atoms with van der Waals surface area (Å²) in [7, 11) is 1.54. The Labute approximate surface area is 138 Å². The molecule has 130 valence electrons. The first-order valence-electron chi connectivity index (χ1n) is 8.90. The maximum Gasteiger partial charge on any atom is 0.248 e. The van der Waals surface area contributed by atoms with E-state index in [1.54, 1.807) is 0 Å². The molecular formula is C17H29N3O3. The summed E-state index contributed by atoms with van der Waals surface area (Å²) in [6.45, 7) is 5.49. The molecule has 0 radical (unpaired) electrons. The van der Waals surface area contributed by atoms with Gasteiger partial charge in [0.1, 0.15) is 6.61 Å². The molecule has 3 saturated heterocycles. The SMILES string of the molecule is COCC(=O)N1CCC(C(=O)N2CC[C@]3(CCCNC3)C2)CC1. The minimum absolute atomic E-state index is 0.0341. The van der Waals surface area contributed by atoms with Gasteiger partial charge >= 0.3 is 0 Å². The largest absolute Gasteiger partial charge is 0.375 e. The van der Waals surface area contributed by atoms with Gasteiger partial charge in [0.2, 0.25) is 11.8 Å². The third kappa shape index (κ3) is 3.69. The van der Waals surface area contributed by atoms with Crippen molar-refractivity contribution in [1.82, 2.24) is 15.1 Å². The van der Waals surface area contributed by atoms with Gasteiger partial charge in [-0.1, -0.05) is 0 Å². The zero-order valence-corrected chi connectivity index (χ0v) is 14.2. The van der Waals surface area contributed by atoms with E-state index in [-0.39, 0.29) is 18.4 Å². The smallest absolute Gasteiger partial charge is 0.248 e. The van der Waals surface area contributed by atoms with Gasteiger partial charge in [0, 0.05) is 51.2 Å². The summed E-state index contributed by atoms with van der Waals surface area (Å²) >= 11 is 0. The Morgan fingerprint density at radius 3 is 2.61 bits per heavy atom. The van der Waals surface area contributed by atoms with E-state index >= 15 is 0 Å². The summed E-state index contributed by atoms with van der Waals surface area (Å²) in [4.78, 5) is 28.5. The van der Waals surface area contributed by atoms with Crippen molar-refractivity contribution in [3.63, 3.8) is 0 Å². The molecule has 0 aromatic carbocycles. The van der Waals surface area contributed by atoms with Crippen LogP contribution in [0.4, 0.5) is 0 Å². The van der Waals surface area contributed by atoms with Crippen molar-refractivity contribution in [3.8, 4) is 0 Å². The van der Waals surface area contributed by atoms with Crippen molar-refractivity contribution < 1.29 is 14.3 Å². The average Bonchev–Trinajstić information content (AvgIpc) is 2.98. The van der Waals surface area contributed by atoms with Gasteiger partial charge < -0.3 is 19.9 Å². The van der Waals surface area contributed by atoms with E-state index in [1.165, 1.54) is 20.0 Å². The summed E-state index contributed by atoms with van der Waals surface area (Å²) in [5, 5.41) is 3.49. The van der Waals surface area contributed by atoms with Gasteiger partial charge in [-0.25, -0.2) is 0 Å². The molecule has 0 unspecified atom stereocenters. The van der Waals surface area contributed by atoms with Crippen LogP contribution in [0.1, 0.15) is 32.1 Å². The molecule has 1 spiro atoms. The Morgan fingerprint density at radius 2 is 1.96 bits per heavy atom. The van der Waals surface area contributed by atoms with E-state index in [0.717, 1.165) is 45.4 Å². The summed E-state index contributed by atoms with van der Waals surface area (Å²) < 4.78 is 4.90. The van der Waals surface area contributed by atoms with Gasteiger partial charge in [0.15, 0.2) is 0 Å². The minimum Gasteiger partial charge on any atom is -0.375 e. The zero-order chi connectivity index (χ0) is 16.3. The normalized spacial score (nSPS) is 29.3. The van der Waals surface area contributed by atoms with Crippen molar-refractivity contribution in [1.29, 1.82) is 0 Å². The number of nitrogens with one attached hydrogen (secondary N) is 1. The molecular weight excluding hydrogens is 294 g/mol. The summed E-state index contributed by atoms with van der Waals surface area (Å²) in [6.07, 6.45) is 5.18. The monoisotopic (exact) mass is 323 g/mol. The van der Waals surface area contributed by atoms with Crippen LogP contribution in [-0.2, 0) is 14.3 Å². The molecule has 0 saturated carbocycles. The molecule has 3 aliphatic rings. The van der Waals surface area contributed by atoms with E-state index < -0.39 is 0 Å². The second kappa shape index (κ2) is 7.18. The summed E-state index contributed by atoms with van der Waals surface area (Å²) in [6, 6.07) is 0. The first-order valence-corrected chi connectivity index (χ1v) is 8.90. The molecule has 0 aromatic rings. The topological polar surface area (TPSA) is 61.9 Å². The van der Waals surface area contributed by atoms with E-state index in [9.17, 15) is 9.59 Å². The number of ether oxygens (including phenoxy) is 1. The molecule has 0 bridgehead atoms. The fourth-order valence-corrected chi connectivity index (χ4v) is 4.35. The maximum atomic E-state index is 12.8. The van der Waals surface area contributed by atoms with Gasteiger partial charge in [0.25, 0.3) is 0 Å². The highest BCUT2D eigenvalue weighted by Crippen LogP contribution is 2.37. The summed E-state index contributed by atoms with van der Waals surface area (Å²) in [5.74, 6) is 0.436. The van der Waals surface area contributed by atoms with Crippen LogP contribution in [0.3, 0.4) is 0 Å². The second-order valence-corrected chi connectivity index (χ2v) is 7.38. The predicted octanol–water partition coefficient (Wildman–Crippen LogP) is 0.474. The standard InChI is InChI=1S/C17H29N3O3/c1-23-11-15(21)19-8-3-14(4-9-19)16(22)20-10-6-17(13-20)5-2-7-18-12-17/h14,18H,2-13H2,1H3/t17-/m0/s1. The molecule has 3 rings (SSSR count). The number of rotatable bonds is 3. The van der Waals surface area contributed by atoms with Crippen molar-refractivity contribution in [2.75, 3.05) is 53.0 Å². The van der Waals surface area contributed by atoms with Gasteiger partial charge in [-0.15, -0.1) is 0 Å². The molecule has 0 aromatic heterocycles. The summed E-state index contributed by atoms with van der Waals surface area (Å²) in [5.41, 5.74) is 0.322. The van der Waals surface area contributed by atoms with E-state index in [0.29, 0.717) is 24.4 Å². The molecule has 6 nitrogen and oxygen atoms in total. The van der Waals surface area contributed by atoms with Crippen LogP contribution in [-0.4, -0.2) is 74.6 Å². The van der Waals surface area contributed by atoms with Crippen LogP contribution in [0.15, 0.2) is 0 Å². The number of likely N-dealkylation sites (tertiary alicyclic amines) is 2. The van der Waals surface area contributed by atoms with Crippen molar-refractivity contribution in [3.05, 3.63) is 0 Å². The number of piperidine rings is 2. The Bertz CT molecular complexity index is 440. The van der Waals surface area contributed by atoms with Crippen LogP contribution < -0.4 is 5.32 Å². The molecule has 3 fully saturated rings. The van der Waals surface area contributed by atoms with Gasteiger partial charge in [-0.05, 0) is 38.6 Å². The highest BCUT2D eigenvalue weighted by Gasteiger charge is 2.42. The third-order valence-electron chi connectivity index (χ3n) is 5.78. The molecule has 1 N–H and O–H groups in total. The maximum absolute atomic E-state index is 12.8. The van der Waals surface area contributed by atoms with Crippen LogP contribution in [0, 0.1) is 11.3 Å². The van der Waals surface area contributed by atoms with Crippen LogP contribution in [0.2, 0.25) is 0 Å². The Hall–Kier alpha value is -1.14. The second-order valence-electron chi connectivity index (χ2n) is 7.38. The molecule has 2 amide bonds. The van der Waals surface area contributed by atoms with Crippen LogP contribution >= 0.6 is 0 Å². The first-order chi connectivity index (χ1) is 11.1. The number of hydrogen-bond donors (Lipinski definition) is 1. The molecule has 23 heavy (non-hydrogen) atoms. The fraction of sp³-hybridized carbons (Fsp3) is 0.882. The predicted molar refractivity (Wildman–Crippen MR) is 86.9 cm³/mol. The first kappa shape index (κ1) is 16.7. The Kier molecular flexibility index (Phi) is 5.21. The molecule has 1 atom stereocenters. The molecule has 6 heteroatoms. The van der Waals surface area contributed by atoms with Gasteiger partial charge in [-0.3, -0.25) is 9.59 Å². The lowest BCUT2D eigenvalue weighted by molar-refractivity contribution is -0.142. The highest BCUT2D eigenvalue weighted by atomic mass is 16.5. The van der Waals surface area contributed by atoms with E-state index in [1.807, 2.05) is 4.90 Å². The fourth-order valence-electron chi connectivity index (χ4n) is 4.35. The van der Waals surface area contributed by atoms with Gasteiger partial charge in [-0.2, -0.15) is 0 Å². The number of methoxy groups -OCH3 is 1. The quantitative estimate of drug-likeness (QED) is 0.820. The Morgan fingerprint density at radius 1 is 1.17 bits per heavy atom. The lowest BCUT2D eigenvalue weighted by Crippen LogP contribution is -2.46. The number of hydrogen-bond acceptors (Lipinski definition) is 4. The van der Waals surface area contributed by atoms with Gasteiger partial charge in [0.05, 0.1) is 0 Å². The zero-order valence-electron chi connectivity index (χ0n) is 14.2. The molecule has 3 heterocycles.